The maximum atomic E-state index is 12.4. The molecule has 3 rings (SSSR count). The summed E-state index contributed by atoms with van der Waals surface area (Å²) in [7, 11) is 0. The number of ether oxygens (including phenoxy) is 1. The van der Waals surface area contributed by atoms with E-state index in [4.69, 9.17) is 10.5 Å². The van der Waals surface area contributed by atoms with Crippen LogP contribution in [0.25, 0.3) is 11.2 Å². The molecule has 1 saturated heterocycles. The van der Waals surface area contributed by atoms with Gasteiger partial charge in [0.25, 0.3) is 5.91 Å². The van der Waals surface area contributed by atoms with Crippen molar-refractivity contribution in [1.29, 1.82) is 0 Å². The lowest BCUT2D eigenvalue weighted by molar-refractivity contribution is -0.137. The van der Waals surface area contributed by atoms with Gasteiger partial charge in [0.15, 0.2) is 23.8 Å². The standard InChI is InChI=1S/C20H33N7O4/c1-3-5-7-8-10-23-20-25-16(21)12-17(26-20)27(11-24-12)19-14(29)13(28)15(31-19)18(30)22-9-6-4-2/h11,13-15,19,28-29H,3-10H2,1-2H3,(H,22,30)(H3,21,23,25,26)/t13?,14?,15-,19+/m0/s1. The van der Waals surface area contributed by atoms with E-state index < -0.39 is 30.4 Å². The predicted molar refractivity (Wildman–Crippen MR) is 116 cm³/mol. The maximum absolute atomic E-state index is 12.4. The Morgan fingerprint density at radius 3 is 2.65 bits per heavy atom. The molecule has 11 heteroatoms. The van der Waals surface area contributed by atoms with E-state index in [1.165, 1.54) is 17.3 Å². The Labute approximate surface area is 181 Å². The molecule has 0 radical (unpaired) electrons. The number of hydrogen-bond donors (Lipinski definition) is 5. The van der Waals surface area contributed by atoms with Crippen LogP contribution in [-0.2, 0) is 9.53 Å². The van der Waals surface area contributed by atoms with Crippen LogP contribution in [0.4, 0.5) is 11.8 Å². The van der Waals surface area contributed by atoms with Crippen LogP contribution in [0.1, 0.15) is 58.6 Å². The van der Waals surface area contributed by atoms with Crippen molar-refractivity contribution < 1.29 is 19.7 Å². The monoisotopic (exact) mass is 435 g/mol. The molecule has 1 aliphatic heterocycles. The van der Waals surface area contributed by atoms with E-state index in [0.29, 0.717) is 30.2 Å². The second kappa shape index (κ2) is 10.7. The van der Waals surface area contributed by atoms with Gasteiger partial charge in [-0.15, -0.1) is 0 Å². The average molecular weight is 436 g/mol. The Balaban J connectivity index is 1.76. The number of hydrogen-bond acceptors (Lipinski definition) is 9. The molecule has 0 aromatic carbocycles. The number of anilines is 2. The Bertz CT molecular complexity index is 875. The summed E-state index contributed by atoms with van der Waals surface area (Å²) in [6.07, 6.45) is 2.65. The average Bonchev–Trinajstić information content (AvgIpc) is 3.30. The molecule has 1 amide bonds. The van der Waals surface area contributed by atoms with Crippen LogP contribution in [-0.4, -0.2) is 67.0 Å². The third-order valence-electron chi connectivity index (χ3n) is 5.36. The lowest BCUT2D eigenvalue weighted by atomic mass is 10.1. The number of carbonyl (C=O) groups is 1. The third kappa shape index (κ3) is 5.23. The first-order valence-corrected chi connectivity index (χ1v) is 11.0. The van der Waals surface area contributed by atoms with E-state index in [1.807, 2.05) is 6.92 Å². The first kappa shape index (κ1) is 23.2. The molecule has 2 aromatic rings. The normalized spacial score (nSPS) is 23.4. The highest BCUT2D eigenvalue weighted by Crippen LogP contribution is 2.32. The van der Waals surface area contributed by atoms with Gasteiger partial charge in [-0.3, -0.25) is 9.36 Å². The number of nitrogens with two attached hydrogens (primary N) is 1. The Morgan fingerprint density at radius 1 is 1.13 bits per heavy atom. The minimum Gasteiger partial charge on any atom is -0.387 e. The number of nitrogens with one attached hydrogen (secondary N) is 2. The quantitative estimate of drug-likeness (QED) is 0.323. The fourth-order valence-electron chi connectivity index (χ4n) is 3.55. The van der Waals surface area contributed by atoms with Crippen LogP contribution in [0.15, 0.2) is 6.33 Å². The molecule has 1 aliphatic rings. The van der Waals surface area contributed by atoms with Gasteiger partial charge in [0, 0.05) is 13.1 Å². The molecule has 0 aliphatic carbocycles. The fourth-order valence-corrected chi connectivity index (χ4v) is 3.55. The molecule has 6 N–H and O–H groups in total. The smallest absolute Gasteiger partial charge is 0.252 e. The van der Waals surface area contributed by atoms with Gasteiger partial charge in [-0.25, -0.2) is 4.98 Å². The molecule has 1 fully saturated rings. The zero-order valence-corrected chi connectivity index (χ0v) is 18.1. The van der Waals surface area contributed by atoms with Gasteiger partial charge in [-0.05, 0) is 12.8 Å². The van der Waals surface area contributed by atoms with Crippen LogP contribution in [0, 0.1) is 0 Å². The number of aromatic nitrogens is 4. The van der Waals surface area contributed by atoms with E-state index in [0.717, 1.165) is 32.1 Å². The zero-order chi connectivity index (χ0) is 22.4. The van der Waals surface area contributed by atoms with Crippen LogP contribution in [0.2, 0.25) is 0 Å². The lowest BCUT2D eigenvalue weighted by Gasteiger charge is -2.17. The minimum atomic E-state index is -1.38. The molecule has 31 heavy (non-hydrogen) atoms. The Morgan fingerprint density at radius 2 is 1.90 bits per heavy atom. The van der Waals surface area contributed by atoms with E-state index in [9.17, 15) is 15.0 Å². The third-order valence-corrected chi connectivity index (χ3v) is 5.36. The number of carbonyl (C=O) groups excluding carboxylic acids is 1. The van der Waals surface area contributed by atoms with Crippen molar-refractivity contribution in [3.8, 4) is 0 Å². The first-order chi connectivity index (χ1) is 15.0. The predicted octanol–water partition coefficient (Wildman–Crippen LogP) is 0.936. The number of aliphatic hydroxyl groups is 2. The molecular weight excluding hydrogens is 402 g/mol. The van der Waals surface area contributed by atoms with Crippen molar-refractivity contribution in [2.24, 2.45) is 0 Å². The van der Waals surface area contributed by atoms with Crippen molar-refractivity contribution in [2.75, 3.05) is 24.1 Å². The Hall–Kier alpha value is -2.50. The first-order valence-electron chi connectivity index (χ1n) is 11.0. The number of amides is 1. The fraction of sp³-hybridized carbons (Fsp3) is 0.700. The van der Waals surface area contributed by atoms with Crippen LogP contribution < -0.4 is 16.4 Å². The van der Waals surface area contributed by atoms with Crippen molar-refractivity contribution in [2.45, 2.75) is 76.9 Å². The van der Waals surface area contributed by atoms with Crippen molar-refractivity contribution >= 4 is 28.8 Å². The molecule has 4 atom stereocenters. The molecule has 3 heterocycles. The number of nitrogens with zero attached hydrogens (tertiary/aromatic N) is 4. The van der Waals surface area contributed by atoms with Gasteiger partial charge in [-0.2, -0.15) is 9.97 Å². The second-order valence-corrected chi connectivity index (χ2v) is 7.82. The number of unbranched alkanes of at least 4 members (excludes halogenated alkanes) is 4. The number of nitrogen functional groups attached to an aromatic ring is 1. The Kier molecular flexibility index (Phi) is 7.99. The van der Waals surface area contributed by atoms with E-state index in [1.54, 1.807) is 0 Å². The molecule has 172 valence electrons. The molecule has 0 bridgehead atoms. The number of rotatable bonds is 11. The van der Waals surface area contributed by atoms with Gasteiger partial charge in [-0.1, -0.05) is 39.5 Å². The van der Waals surface area contributed by atoms with E-state index in [2.05, 4.69) is 32.5 Å². The van der Waals surface area contributed by atoms with Gasteiger partial charge >= 0.3 is 0 Å². The van der Waals surface area contributed by atoms with Crippen molar-refractivity contribution in [3.63, 3.8) is 0 Å². The highest BCUT2D eigenvalue weighted by atomic mass is 16.6. The molecular formula is C20H33N7O4. The summed E-state index contributed by atoms with van der Waals surface area (Å²) in [5.74, 6) is 0.0855. The number of aliphatic hydroxyl groups excluding tert-OH is 2. The van der Waals surface area contributed by atoms with Crippen LogP contribution >= 0.6 is 0 Å². The zero-order valence-electron chi connectivity index (χ0n) is 18.1. The second-order valence-electron chi connectivity index (χ2n) is 7.82. The summed E-state index contributed by atoms with van der Waals surface area (Å²) in [5, 5.41) is 26.8. The molecule has 0 saturated carbocycles. The van der Waals surface area contributed by atoms with Crippen LogP contribution in [0.3, 0.4) is 0 Å². The molecule has 2 aromatic heterocycles. The minimum absolute atomic E-state index is 0.196. The summed E-state index contributed by atoms with van der Waals surface area (Å²) in [4.78, 5) is 25.3. The van der Waals surface area contributed by atoms with E-state index >= 15 is 0 Å². The number of imidazole rings is 1. The van der Waals surface area contributed by atoms with Gasteiger partial charge in [0.05, 0.1) is 6.33 Å². The summed E-state index contributed by atoms with van der Waals surface area (Å²) in [6.45, 7) is 5.36. The largest absolute Gasteiger partial charge is 0.387 e. The van der Waals surface area contributed by atoms with E-state index in [-0.39, 0.29) is 5.82 Å². The van der Waals surface area contributed by atoms with Gasteiger partial charge in [0.2, 0.25) is 5.95 Å². The summed E-state index contributed by atoms with van der Waals surface area (Å²) < 4.78 is 7.20. The molecule has 2 unspecified atom stereocenters. The summed E-state index contributed by atoms with van der Waals surface area (Å²) in [5.41, 5.74) is 6.76. The molecule has 0 spiro atoms. The highest BCUT2D eigenvalue weighted by molar-refractivity contribution is 5.83. The molecule has 11 nitrogen and oxygen atoms in total. The van der Waals surface area contributed by atoms with Crippen molar-refractivity contribution in [1.82, 2.24) is 24.8 Å². The van der Waals surface area contributed by atoms with Crippen LogP contribution in [0.5, 0.6) is 0 Å². The van der Waals surface area contributed by atoms with Gasteiger partial charge < -0.3 is 31.3 Å². The highest BCUT2D eigenvalue weighted by Gasteiger charge is 2.47. The topological polar surface area (TPSA) is 160 Å². The lowest BCUT2D eigenvalue weighted by Crippen LogP contribution is -2.43. The van der Waals surface area contributed by atoms with Gasteiger partial charge in [0.1, 0.15) is 17.7 Å². The SMILES string of the molecule is CCCCCCNc1nc(N)c2ncn([C@@H]3O[C@H](C(=O)NCCCC)C(O)C3O)c2n1. The number of fused-ring (bicyclic) bond motifs is 1. The summed E-state index contributed by atoms with van der Waals surface area (Å²) in [6, 6.07) is 0. The summed E-state index contributed by atoms with van der Waals surface area (Å²) >= 11 is 0. The van der Waals surface area contributed by atoms with Crippen molar-refractivity contribution in [3.05, 3.63) is 6.33 Å². The maximum Gasteiger partial charge on any atom is 0.252 e.